The molecule has 6 rings (SSSR count). The minimum absolute atomic E-state index is 0.182. The van der Waals surface area contributed by atoms with E-state index in [4.69, 9.17) is 11.6 Å². The number of carbonyl (C=O) groups is 2. The Hall–Kier alpha value is -4.39. The number of hydrogen-bond donors (Lipinski definition) is 2. The van der Waals surface area contributed by atoms with Crippen molar-refractivity contribution in [3.63, 3.8) is 0 Å². The van der Waals surface area contributed by atoms with Gasteiger partial charge in [-0.1, -0.05) is 78.9 Å². The van der Waals surface area contributed by atoms with Gasteiger partial charge in [-0.15, -0.1) is 11.6 Å². The Morgan fingerprint density at radius 2 is 1.42 bits per heavy atom. The zero-order chi connectivity index (χ0) is 31.2. The van der Waals surface area contributed by atoms with Crippen LogP contribution in [0.2, 0.25) is 0 Å². The standard InChI is InChI=1S/C38H38ClN3O3/c39-21-20-34(28-4-2-1-3-5-28)37(31-12-16-33(43)17-13-31)30-10-14-32(15-11-30)42-24-22-41(23-25-42)26-27-6-8-29(9-7-27)35-18-19-36(44)40-38(35)45/h1-17,35,43H,18-26H2,(H,40,44,45). The van der Waals surface area contributed by atoms with E-state index in [1.165, 1.54) is 16.8 Å². The molecule has 2 aliphatic rings. The third kappa shape index (κ3) is 7.30. The average molecular weight is 620 g/mol. The largest absolute Gasteiger partial charge is 0.508 e. The number of amides is 2. The molecule has 2 aliphatic heterocycles. The summed E-state index contributed by atoms with van der Waals surface area (Å²) in [5.74, 6) is 0.138. The second-order valence-electron chi connectivity index (χ2n) is 11.8. The second kappa shape index (κ2) is 14.1. The molecule has 1 unspecified atom stereocenters. The first-order valence-electron chi connectivity index (χ1n) is 15.6. The van der Waals surface area contributed by atoms with Crippen LogP contribution in [0, 0.1) is 0 Å². The van der Waals surface area contributed by atoms with Crippen LogP contribution in [0.1, 0.15) is 53.0 Å². The van der Waals surface area contributed by atoms with Crippen LogP contribution in [0.15, 0.2) is 103 Å². The lowest BCUT2D eigenvalue weighted by Crippen LogP contribution is -2.45. The van der Waals surface area contributed by atoms with E-state index in [2.05, 4.69) is 75.8 Å². The number of phenols is 1. The van der Waals surface area contributed by atoms with Gasteiger partial charge in [-0.3, -0.25) is 19.8 Å². The summed E-state index contributed by atoms with van der Waals surface area (Å²) in [6.07, 6.45) is 1.69. The van der Waals surface area contributed by atoms with Gasteiger partial charge in [0, 0.05) is 50.7 Å². The smallest absolute Gasteiger partial charge is 0.234 e. The third-order valence-electron chi connectivity index (χ3n) is 8.85. The molecule has 1 atom stereocenters. The number of piperazine rings is 1. The number of halogens is 1. The molecule has 6 nitrogen and oxygen atoms in total. The van der Waals surface area contributed by atoms with Crippen molar-refractivity contribution in [1.29, 1.82) is 0 Å². The monoisotopic (exact) mass is 619 g/mol. The topological polar surface area (TPSA) is 72.9 Å². The number of imide groups is 1. The fourth-order valence-electron chi connectivity index (χ4n) is 6.42. The molecule has 0 spiro atoms. The number of aromatic hydroxyl groups is 1. The fraction of sp³-hybridized carbons (Fsp3) is 0.263. The summed E-state index contributed by atoms with van der Waals surface area (Å²) in [6.45, 7) is 4.67. The minimum Gasteiger partial charge on any atom is -0.508 e. The molecule has 0 aliphatic carbocycles. The number of anilines is 1. The number of carbonyl (C=O) groups excluding carboxylic acids is 2. The zero-order valence-electron chi connectivity index (χ0n) is 25.3. The van der Waals surface area contributed by atoms with Crippen molar-refractivity contribution in [2.45, 2.75) is 31.7 Å². The van der Waals surface area contributed by atoms with Crippen LogP contribution in [0.4, 0.5) is 5.69 Å². The van der Waals surface area contributed by atoms with Crippen molar-refractivity contribution in [1.82, 2.24) is 10.2 Å². The maximum absolute atomic E-state index is 12.2. The van der Waals surface area contributed by atoms with Crippen LogP contribution in [-0.4, -0.2) is 53.9 Å². The summed E-state index contributed by atoms with van der Waals surface area (Å²) >= 11 is 6.32. The van der Waals surface area contributed by atoms with E-state index in [0.717, 1.165) is 67.0 Å². The molecular weight excluding hydrogens is 582 g/mol. The first-order chi connectivity index (χ1) is 22.0. The predicted molar refractivity (Wildman–Crippen MR) is 181 cm³/mol. The van der Waals surface area contributed by atoms with Gasteiger partial charge in [0.2, 0.25) is 11.8 Å². The lowest BCUT2D eigenvalue weighted by atomic mass is 9.88. The van der Waals surface area contributed by atoms with Crippen molar-refractivity contribution >= 4 is 40.2 Å². The van der Waals surface area contributed by atoms with Gasteiger partial charge in [0.15, 0.2) is 0 Å². The molecule has 7 heteroatoms. The van der Waals surface area contributed by atoms with E-state index in [1.54, 1.807) is 12.1 Å². The number of alkyl halides is 1. The maximum Gasteiger partial charge on any atom is 0.234 e. The van der Waals surface area contributed by atoms with Crippen LogP contribution in [-0.2, 0) is 16.1 Å². The first kappa shape index (κ1) is 30.6. The van der Waals surface area contributed by atoms with Gasteiger partial charge in [0.25, 0.3) is 0 Å². The Balaban J connectivity index is 1.13. The Morgan fingerprint density at radius 3 is 2.04 bits per heavy atom. The summed E-state index contributed by atoms with van der Waals surface area (Å²) in [5, 5.41) is 12.4. The molecule has 2 fully saturated rings. The normalized spacial score (nSPS) is 18.0. The molecular formula is C38H38ClN3O3. The van der Waals surface area contributed by atoms with E-state index in [-0.39, 0.29) is 23.5 Å². The molecule has 0 aromatic heterocycles. The molecule has 4 aromatic carbocycles. The van der Waals surface area contributed by atoms with E-state index < -0.39 is 0 Å². The lowest BCUT2D eigenvalue weighted by molar-refractivity contribution is -0.134. The lowest BCUT2D eigenvalue weighted by Gasteiger charge is -2.36. The second-order valence-corrected chi connectivity index (χ2v) is 12.1. The van der Waals surface area contributed by atoms with Gasteiger partial charge in [-0.2, -0.15) is 0 Å². The third-order valence-corrected chi connectivity index (χ3v) is 9.03. The summed E-state index contributed by atoms with van der Waals surface area (Å²) in [6, 6.07) is 34.9. The molecule has 0 bridgehead atoms. The quantitative estimate of drug-likeness (QED) is 0.122. The first-order valence-corrected chi connectivity index (χ1v) is 16.2. The van der Waals surface area contributed by atoms with Crippen LogP contribution >= 0.6 is 11.6 Å². The molecule has 2 amide bonds. The van der Waals surface area contributed by atoms with Gasteiger partial charge in [0.1, 0.15) is 5.75 Å². The van der Waals surface area contributed by atoms with Gasteiger partial charge in [-0.05, 0) is 76.1 Å². The zero-order valence-corrected chi connectivity index (χ0v) is 26.0. The molecule has 2 saturated heterocycles. The fourth-order valence-corrected chi connectivity index (χ4v) is 6.61. The van der Waals surface area contributed by atoms with Crippen LogP contribution in [0.25, 0.3) is 11.1 Å². The van der Waals surface area contributed by atoms with Gasteiger partial charge < -0.3 is 10.0 Å². The predicted octanol–water partition coefficient (Wildman–Crippen LogP) is 6.82. The highest BCUT2D eigenvalue weighted by Gasteiger charge is 2.28. The van der Waals surface area contributed by atoms with Gasteiger partial charge >= 0.3 is 0 Å². The highest BCUT2D eigenvalue weighted by Crippen LogP contribution is 2.36. The molecule has 4 aromatic rings. The number of nitrogens with one attached hydrogen (secondary N) is 1. The number of benzene rings is 4. The van der Waals surface area contributed by atoms with Crippen LogP contribution < -0.4 is 10.2 Å². The van der Waals surface area contributed by atoms with Crippen molar-refractivity contribution < 1.29 is 14.7 Å². The Labute approximate surface area is 270 Å². The number of nitrogens with zero attached hydrogens (tertiary/aromatic N) is 2. The molecule has 230 valence electrons. The van der Waals surface area contributed by atoms with Crippen molar-refractivity contribution in [2.24, 2.45) is 0 Å². The highest BCUT2D eigenvalue weighted by atomic mass is 35.5. The summed E-state index contributed by atoms with van der Waals surface area (Å²) < 4.78 is 0. The van der Waals surface area contributed by atoms with Gasteiger partial charge in [0.05, 0.1) is 5.92 Å². The van der Waals surface area contributed by atoms with E-state index in [1.807, 2.05) is 30.3 Å². The van der Waals surface area contributed by atoms with Crippen molar-refractivity contribution in [3.8, 4) is 5.75 Å². The van der Waals surface area contributed by atoms with Crippen LogP contribution in [0.5, 0.6) is 5.75 Å². The Morgan fingerprint density at radius 1 is 0.778 bits per heavy atom. The summed E-state index contributed by atoms with van der Waals surface area (Å²) in [4.78, 5) is 28.6. The Kier molecular flexibility index (Phi) is 9.63. The van der Waals surface area contributed by atoms with Crippen molar-refractivity contribution in [3.05, 3.63) is 131 Å². The molecule has 45 heavy (non-hydrogen) atoms. The van der Waals surface area contributed by atoms with Gasteiger partial charge in [-0.25, -0.2) is 0 Å². The highest BCUT2D eigenvalue weighted by molar-refractivity contribution is 6.18. The molecule has 2 N–H and O–H groups in total. The number of allylic oxidation sites excluding steroid dienone is 1. The van der Waals surface area contributed by atoms with E-state index >= 15 is 0 Å². The van der Waals surface area contributed by atoms with Crippen molar-refractivity contribution in [2.75, 3.05) is 37.0 Å². The Bertz CT molecular complexity index is 1640. The number of piperidine rings is 1. The number of rotatable bonds is 9. The number of phenolic OH excluding ortho intramolecular Hbond substituents is 1. The van der Waals surface area contributed by atoms with E-state index in [0.29, 0.717) is 18.7 Å². The average Bonchev–Trinajstić information content (AvgIpc) is 3.07. The number of hydrogen-bond acceptors (Lipinski definition) is 5. The van der Waals surface area contributed by atoms with Crippen LogP contribution in [0.3, 0.4) is 0 Å². The molecule has 0 saturated carbocycles. The summed E-state index contributed by atoms with van der Waals surface area (Å²) in [7, 11) is 0. The SMILES string of the molecule is O=C1CCC(c2ccc(CN3CCN(c4ccc(C(=C(CCCl)c5ccccc5)c5ccc(O)cc5)cc4)CC3)cc2)C(=O)N1. The molecule has 0 radical (unpaired) electrons. The maximum atomic E-state index is 12.2. The minimum atomic E-state index is -0.246. The summed E-state index contributed by atoms with van der Waals surface area (Å²) in [5.41, 5.74) is 9.02. The molecule has 2 heterocycles. The van der Waals surface area contributed by atoms with E-state index in [9.17, 15) is 14.7 Å².